The lowest BCUT2D eigenvalue weighted by molar-refractivity contribution is -0.123. The molecular weight excluding hydrogens is 296 g/mol. The lowest BCUT2D eigenvalue weighted by atomic mass is 9.71. The number of ketones is 1. The summed E-state index contributed by atoms with van der Waals surface area (Å²) in [5.41, 5.74) is 0.447. The molecule has 0 unspecified atom stereocenters. The molecule has 0 N–H and O–H groups in total. The normalized spacial score (nSPS) is 20.4. The summed E-state index contributed by atoms with van der Waals surface area (Å²) in [7, 11) is 0. The third-order valence-corrected chi connectivity index (χ3v) is 5.46. The Bertz CT molecular complexity index is 398. The third kappa shape index (κ3) is 3.65. The molecule has 94 valence electrons. The molecule has 1 nitrogen and oxygen atoms in total. The summed E-state index contributed by atoms with van der Waals surface area (Å²) in [6, 6.07) is 2.06. The van der Waals surface area contributed by atoms with E-state index in [1.54, 1.807) is 11.3 Å². The second kappa shape index (κ2) is 5.23. The Labute approximate surface area is 116 Å². The Morgan fingerprint density at radius 1 is 1.47 bits per heavy atom. The van der Waals surface area contributed by atoms with Crippen molar-refractivity contribution in [2.24, 2.45) is 11.3 Å². The van der Waals surface area contributed by atoms with Gasteiger partial charge in [0.2, 0.25) is 0 Å². The molecular formula is C14H19BrOS. The highest BCUT2D eigenvalue weighted by Crippen LogP contribution is 2.38. The molecule has 1 aromatic rings. The SMILES string of the molecule is CC1(C)CCC(C(=O)Cc2cc(Br)cs2)CC1. The van der Waals surface area contributed by atoms with E-state index in [2.05, 4.69) is 35.8 Å². The number of halogens is 1. The van der Waals surface area contributed by atoms with Crippen LogP contribution in [-0.4, -0.2) is 5.78 Å². The Kier molecular flexibility index (Phi) is 4.09. The van der Waals surface area contributed by atoms with Crippen molar-refractivity contribution in [3.8, 4) is 0 Å². The second-order valence-corrected chi connectivity index (χ2v) is 7.72. The number of hydrogen-bond acceptors (Lipinski definition) is 2. The zero-order chi connectivity index (χ0) is 12.5. The highest BCUT2D eigenvalue weighted by Gasteiger charge is 2.30. The van der Waals surface area contributed by atoms with Crippen LogP contribution in [0.2, 0.25) is 0 Å². The van der Waals surface area contributed by atoms with Crippen molar-refractivity contribution in [3.63, 3.8) is 0 Å². The zero-order valence-electron chi connectivity index (χ0n) is 10.5. The van der Waals surface area contributed by atoms with Gasteiger partial charge in [-0.15, -0.1) is 11.3 Å². The average molecular weight is 315 g/mol. The van der Waals surface area contributed by atoms with Gasteiger partial charge in [0.05, 0.1) is 0 Å². The average Bonchev–Trinajstić information content (AvgIpc) is 2.63. The number of hydrogen-bond donors (Lipinski definition) is 0. The van der Waals surface area contributed by atoms with Gasteiger partial charge in [0.15, 0.2) is 0 Å². The highest BCUT2D eigenvalue weighted by molar-refractivity contribution is 9.10. The van der Waals surface area contributed by atoms with Crippen molar-refractivity contribution in [1.82, 2.24) is 0 Å². The summed E-state index contributed by atoms with van der Waals surface area (Å²) >= 11 is 5.11. The monoisotopic (exact) mass is 314 g/mol. The first-order chi connectivity index (χ1) is 7.96. The second-order valence-electron chi connectivity index (χ2n) is 5.81. The van der Waals surface area contributed by atoms with Crippen molar-refractivity contribution in [3.05, 3.63) is 20.8 Å². The molecule has 0 amide bonds. The van der Waals surface area contributed by atoms with Crippen LogP contribution < -0.4 is 0 Å². The Balaban J connectivity index is 1.89. The van der Waals surface area contributed by atoms with Gasteiger partial charge in [0, 0.05) is 27.1 Å². The topological polar surface area (TPSA) is 17.1 Å². The van der Waals surface area contributed by atoms with Crippen LogP contribution in [0, 0.1) is 11.3 Å². The minimum Gasteiger partial charge on any atom is -0.299 e. The fourth-order valence-electron chi connectivity index (χ4n) is 2.48. The lowest BCUT2D eigenvalue weighted by Gasteiger charge is -2.33. The first-order valence-electron chi connectivity index (χ1n) is 6.22. The molecule has 1 saturated carbocycles. The largest absolute Gasteiger partial charge is 0.299 e. The van der Waals surface area contributed by atoms with Gasteiger partial charge >= 0.3 is 0 Å². The van der Waals surface area contributed by atoms with Gasteiger partial charge in [0.25, 0.3) is 0 Å². The zero-order valence-corrected chi connectivity index (χ0v) is 12.9. The number of thiophene rings is 1. The maximum atomic E-state index is 12.2. The van der Waals surface area contributed by atoms with Crippen LogP contribution in [-0.2, 0) is 11.2 Å². The Morgan fingerprint density at radius 2 is 2.12 bits per heavy atom. The molecule has 1 aliphatic rings. The number of carbonyl (C=O) groups excluding carboxylic acids is 1. The molecule has 17 heavy (non-hydrogen) atoms. The van der Waals surface area contributed by atoms with E-state index in [0.29, 0.717) is 23.5 Å². The van der Waals surface area contributed by atoms with Crippen LogP contribution in [0.5, 0.6) is 0 Å². The minimum absolute atomic E-state index is 0.309. The molecule has 1 heterocycles. The lowest BCUT2D eigenvalue weighted by Crippen LogP contribution is -2.27. The van der Waals surface area contributed by atoms with Gasteiger partial charge in [-0.3, -0.25) is 4.79 Å². The van der Waals surface area contributed by atoms with E-state index in [1.165, 1.54) is 17.7 Å². The molecule has 0 saturated heterocycles. The summed E-state index contributed by atoms with van der Waals surface area (Å²) in [5, 5.41) is 2.05. The molecule has 0 atom stereocenters. The highest BCUT2D eigenvalue weighted by atomic mass is 79.9. The molecule has 0 aliphatic heterocycles. The number of carbonyl (C=O) groups is 1. The van der Waals surface area contributed by atoms with E-state index in [9.17, 15) is 4.79 Å². The molecule has 3 heteroatoms. The van der Waals surface area contributed by atoms with Crippen molar-refractivity contribution < 1.29 is 4.79 Å². The summed E-state index contributed by atoms with van der Waals surface area (Å²) in [6.07, 6.45) is 5.17. The maximum absolute atomic E-state index is 12.2. The van der Waals surface area contributed by atoms with E-state index >= 15 is 0 Å². The fourth-order valence-corrected chi connectivity index (χ4v) is 3.94. The third-order valence-electron chi connectivity index (χ3n) is 3.76. The molecule has 0 aromatic carbocycles. The smallest absolute Gasteiger partial charge is 0.141 e. The van der Waals surface area contributed by atoms with Crippen LogP contribution in [0.15, 0.2) is 15.9 Å². The summed E-state index contributed by atoms with van der Waals surface area (Å²) in [6.45, 7) is 4.62. The van der Waals surface area contributed by atoms with Gasteiger partial charge < -0.3 is 0 Å². The van der Waals surface area contributed by atoms with Gasteiger partial charge in [-0.25, -0.2) is 0 Å². The van der Waals surface area contributed by atoms with Crippen molar-refractivity contribution in [1.29, 1.82) is 0 Å². The standard InChI is InChI=1S/C14H19BrOS/c1-14(2)5-3-10(4-6-14)13(16)8-12-7-11(15)9-17-12/h7,9-10H,3-6,8H2,1-2H3. The predicted molar refractivity (Wildman–Crippen MR) is 76.5 cm³/mol. The fraction of sp³-hybridized carbons (Fsp3) is 0.643. The van der Waals surface area contributed by atoms with E-state index in [1.807, 2.05) is 5.38 Å². The summed E-state index contributed by atoms with van der Waals surface area (Å²) in [5.74, 6) is 0.749. The van der Waals surface area contributed by atoms with Crippen LogP contribution in [0.3, 0.4) is 0 Å². The van der Waals surface area contributed by atoms with Crippen LogP contribution in [0.1, 0.15) is 44.4 Å². The van der Waals surface area contributed by atoms with Gasteiger partial charge in [0.1, 0.15) is 5.78 Å². The molecule has 1 aliphatic carbocycles. The minimum atomic E-state index is 0.309. The predicted octanol–water partition coefficient (Wildman–Crippen LogP) is 4.84. The van der Waals surface area contributed by atoms with Gasteiger partial charge in [-0.2, -0.15) is 0 Å². The van der Waals surface area contributed by atoms with Crippen molar-refractivity contribution >= 4 is 33.0 Å². The van der Waals surface area contributed by atoms with Crippen LogP contribution in [0.25, 0.3) is 0 Å². The number of rotatable bonds is 3. The molecule has 1 fully saturated rings. The molecule has 0 radical (unpaired) electrons. The van der Waals surface area contributed by atoms with Crippen LogP contribution in [0.4, 0.5) is 0 Å². The molecule has 2 rings (SSSR count). The van der Waals surface area contributed by atoms with Crippen molar-refractivity contribution in [2.75, 3.05) is 0 Å². The van der Waals surface area contributed by atoms with E-state index < -0.39 is 0 Å². The summed E-state index contributed by atoms with van der Waals surface area (Å²) < 4.78 is 1.09. The number of Topliss-reactive ketones (excluding diaryl/α,β-unsaturated/α-hetero) is 1. The molecule has 0 spiro atoms. The first kappa shape index (κ1) is 13.3. The van der Waals surface area contributed by atoms with Gasteiger partial charge in [-0.1, -0.05) is 13.8 Å². The van der Waals surface area contributed by atoms with Crippen molar-refractivity contribution in [2.45, 2.75) is 46.0 Å². The molecule has 1 aromatic heterocycles. The maximum Gasteiger partial charge on any atom is 0.141 e. The Morgan fingerprint density at radius 3 is 2.65 bits per heavy atom. The van der Waals surface area contributed by atoms with E-state index in [-0.39, 0.29) is 0 Å². The quantitative estimate of drug-likeness (QED) is 0.780. The first-order valence-corrected chi connectivity index (χ1v) is 7.89. The summed E-state index contributed by atoms with van der Waals surface area (Å²) in [4.78, 5) is 13.4. The van der Waals surface area contributed by atoms with Gasteiger partial charge in [-0.05, 0) is 53.1 Å². The molecule has 0 bridgehead atoms. The van der Waals surface area contributed by atoms with E-state index in [4.69, 9.17) is 0 Å². The van der Waals surface area contributed by atoms with Crippen LogP contribution >= 0.6 is 27.3 Å². The Hall–Kier alpha value is -0.150. The van der Waals surface area contributed by atoms with E-state index in [0.717, 1.165) is 17.3 Å².